The van der Waals surface area contributed by atoms with Crippen molar-refractivity contribution in [2.75, 3.05) is 18.0 Å². The smallest absolute Gasteiger partial charge is 0.354 e. The molecule has 0 bridgehead atoms. The van der Waals surface area contributed by atoms with Gasteiger partial charge in [-0.2, -0.15) is 0 Å². The Morgan fingerprint density at radius 3 is 2.77 bits per heavy atom. The Labute approximate surface area is 184 Å². The maximum absolute atomic E-state index is 12.7. The average molecular weight is 441 g/mol. The molecule has 0 aliphatic carbocycles. The summed E-state index contributed by atoms with van der Waals surface area (Å²) < 4.78 is 7.14. The molecular formula is C23H24N2O5S. The second-order valence-corrected chi connectivity index (χ2v) is 9.44. The third kappa shape index (κ3) is 2.82. The van der Waals surface area contributed by atoms with Gasteiger partial charge in [-0.25, -0.2) is 4.79 Å². The summed E-state index contributed by atoms with van der Waals surface area (Å²) in [7, 11) is 1.32. The van der Waals surface area contributed by atoms with Gasteiger partial charge in [0, 0.05) is 16.2 Å². The molecule has 2 N–H and O–H groups in total. The normalized spacial score (nSPS) is 25.2. The maximum Gasteiger partial charge on any atom is 0.354 e. The van der Waals surface area contributed by atoms with Gasteiger partial charge in [0.05, 0.1) is 44.0 Å². The van der Waals surface area contributed by atoms with E-state index in [-0.39, 0.29) is 24.5 Å². The number of hydrogen-bond acceptors (Lipinski definition) is 7. The number of aliphatic hydroxyl groups is 2. The fourth-order valence-corrected chi connectivity index (χ4v) is 6.39. The van der Waals surface area contributed by atoms with Gasteiger partial charge in [-0.15, -0.1) is 0 Å². The number of fused-ring (bicyclic) bond motifs is 1. The lowest BCUT2D eigenvalue weighted by molar-refractivity contribution is -0.163. The summed E-state index contributed by atoms with van der Waals surface area (Å²) in [4.78, 5) is 28.0. The predicted molar refractivity (Wildman–Crippen MR) is 117 cm³/mol. The van der Waals surface area contributed by atoms with E-state index in [1.807, 2.05) is 37.3 Å². The largest absolute Gasteiger partial charge is 0.464 e. The fourth-order valence-electron chi connectivity index (χ4n) is 5.18. The number of aliphatic hydroxyl groups excluding tert-OH is 2. The summed E-state index contributed by atoms with van der Waals surface area (Å²) in [6.07, 6.45) is -0.773. The molecule has 4 unspecified atom stereocenters. The quantitative estimate of drug-likeness (QED) is 0.419. The molecule has 7 nitrogen and oxygen atoms in total. The van der Waals surface area contributed by atoms with Gasteiger partial charge in [-0.05, 0) is 53.6 Å². The van der Waals surface area contributed by atoms with E-state index in [0.29, 0.717) is 12.2 Å². The lowest BCUT2D eigenvalue weighted by Crippen LogP contribution is -2.63. The van der Waals surface area contributed by atoms with Gasteiger partial charge < -0.3 is 24.2 Å². The number of esters is 1. The molecule has 8 heteroatoms. The summed E-state index contributed by atoms with van der Waals surface area (Å²) in [6, 6.07) is 9.80. The molecule has 3 heterocycles. The highest BCUT2D eigenvalue weighted by molar-refractivity contribution is 8.01. The first-order valence-electron chi connectivity index (χ1n) is 10.3. The minimum Gasteiger partial charge on any atom is -0.464 e. The van der Waals surface area contributed by atoms with Crippen LogP contribution in [0.15, 0.2) is 46.5 Å². The first-order valence-corrected chi connectivity index (χ1v) is 11.1. The molecule has 1 fully saturated rings. The van der Waals surface area contributed by atoms with Gasteiger partial charge in [0.2, 0.25) is 5.91 Å². The topological polar surface area (TPSA) is 90.3 Å². The van der Waals surface area contributed by atoms with Crippen molar-refractivity contribution in [2.24, 2.45) is 11.8 Å². The third-order valence-electron chi connectivity index (χ3n) is 6.65. The van der Waals surface area contributed by atoms with Crippen molar-refractivity contribution in [1.82, 2.24) is 4.90 Å². The molecule has 0 aromatic heterocycles. The van der Waals surface area contributed by atoms with Gasteiger partial charge in [0.15, 0.2) is 0 Å². The van der Waals surface area contributed by atoms with Crippen molar-refractivity contribution in [1.29, 1.82) is 0 Å². The maximum atomic E-state index is 12.7. The summed E-state index contributed by atoms with van der Waals surface area (Å²) >= 11 is 1.57. The number of anilines is 1. The molecule has 1 saturated heterocycles. The zero-order valence-corrected chi connectivity index (χ0v) is 18.3. The number of amides is 1. The van der Waals surface area contributed by atoms with Gasteiger partial charge in [-0.1, -0.05) is 19.1 Å². The van der Waals surface area contributed by atoms with Crippen LogP contribution in [0.2, 0.25) is 0 Å². The Balaban J connectivity index is 1.54. The highest BCUT2D eigenvalue weighted by Crippen LogP contribution is 2.51. The molecule has 31 heavy (non-hydrogen) atoms. The summed E-state index contributed by atoms with van der Waals surface area (Å²) in [5, 5.41) is 21.9. The van der Waals surface area contributed by atoms with Crippen LogP contribution in [0.3, 0.4) is 0 Å². The number of hydrogen-bond donors (Lipinski definition) is 2. The summed E-state index contributed by atoms with van der Waals surface area (Å²) in [5.41, 5.74) is 3.04. The monoisotopic (exact) mass is 440 g/mol. The lowest BCUT2D eigenvalue weighted by Gasteiger charge is -2.46. The molecule has 0 spiro atoms. The van der Waals surface area contributed by atoms with Crippen molar-refractivity contribution in [3.05, 3.63) is 47.2 Å². The predicted octanol–water partition coefficient (Wildman–Crippen LogP) is 2.44. The summed E-state index contributed by atoms with van der Waals surface area (Å²) in [6.45, 7) is 4.05. The highest BCUT2D eigenvalue weighted by Gasteiger charge is 2.60. The number of benzene rings is 2. The van der Waals surface area contributed by atoms with E-state index < -0.39 is 18.0 Å². The van der Waals surface area contributed by atoms with Gasteiger partial charge in [0.25, 0.3) is 0 Å². The van der Waals surface area contributed by atoms with Crippen molar-refractivity contribution in [3.8, 4) is 0 Å². The van der Waals surface area contributed by atoms with Crippen LogP contribution in [0.1, 0.15) is 19.4 Å². The van der Waals surface area contributed by atoms with Crippen LogP contribution in [0, 0.1) is 11.8 Å². The van der Waals surface area contributed by atoms with Crippen LogP contribution in [0.5, 0.6) is 0 Å². The van der Waals surface area contributed by atoms with E-state index >= 15 is 0 Å². The van der Waals surface area contributed by atoms with Gasteiger partial charge >= 0.3 is 5.97 Å². The molecule has 5 rings (SSSR count). The Hall–Kier alpha value is -2.55. The van der Waals surface area contributed by atoms with E-state index in [0.717, 1.165) is 32.5 Å². The lowest BCUT2D eigenvalue weighted by atomic mass is 9.78. The number of carbonyl (C=O) groups is 2. The van der Waals surface area contributed by atoms with Crippen molar-refractivity contribution >= 4 is 40.3 Å². The Morgan fingerprint density at radius 1 is 1.32 bits per heavy atom. The van der Waals surface area contributed by atoms with E-state index in [9.17, 15) is 19.8 Å². The number of methoxy groups -OCH3 is 1. The van der Waals surface area contributed by atoms with Crippen LogP contribution in [-0.4, -0.2) is 52.8 Å². The van der Waals surface area contributed by atoms with Gasteiger partial charge in [0.1, 0.15) is 5.70 Å². The van der Waals surface area contributed by atoms with E-state index in [4.69, 9.17) is 4.74 Å². The molecule has 162 valence electrons. The van der Waals surface area contributed by atoms with Crippen LogP contribution >= 0.6 is 11.9 Å². The number of ether oxygens (including phenoxy) is 1. The number of rotatable bonds is 5. The number of nitrogens with zero attached hydrogens (tertiary/aromatic N) is 2. The number of carbonyl (C=O) groups excluding carboxylic acids is 2. The average Bonchev–Trinajstić information content (AvgIpc) is 3.22. The first kappa shape index (κ1) is 20.4. The van der Waals surface area contributed by atoms with Crippen LogP contribution in [0.25, 0.3) is 10.8 Å². The minimum atomic E-state index is -0.773. The Kier molecular flexibility index (Phi) is 4.76. The third-order valence-corrected chi connectivity index (χ3v) is 7.71. The standard InChI is InChI=1S/C23H24N2O5S/c1-11-15(21(23(29)30-3)25-20(11)18(12(2)27)22(25)28)9-24-16-6-4-5-14-7-13(10-26)8-17(31-24)19(14)16/h4-8,11-12,18,20,26-27H,9-10H2,1-3H3. The molecule has 3 aliphatic heterocycles. The first-order chi connectivity index (χ1) is 14.9. The van der Waals surface area contributed by atoms with E-state index in [2.05, 4.69) is 4.31 Å². The van der Waals surface area contributed by atoms with Crippen LogP contribution in [-0.2, 0) is 20.9 Å². The van der Waals surface area contributed by atoms with Crippen LogP contribution < -0.4 is 4.31 Å². The van der Waals surface area contributed by atoms with E-state index in [1.54, 1.807) is 18.9 Å². The highest BCUT2D eigenvalue weighted by atomic mass is 32.2. The molecule has 1 amide bonds. The Bertz CT molecular complexity index is 1140. The molecule has 3 aliphatic rings. The zero-order chi connectivity index (χ0) is 22.0. The second kappa shape index (κ2) is 7.25. The van der Waals surface area contributed by atoms with Crippen molar-refractivity contribution in [2.45, 2.75) is 37.5 Å². The minimum absolute atomic E-state index is 0.0259. The molecule has 0 saturated carbocycles. The SMILES string of the molecule is COC(=O)C1=C(CN2Sc3cc(CO)cc4cccc2c34)C(C)C2C(C(C)O)C(=O)N12. The molecule has 0 radical (unpaired) electrons. The zero-order valence-electron chi connectivity index (χ0n) is 17.5. The molecular weight excluding hydrogens is 416 g/mol. The second-order valence-electron chi connectivity index (χ2n) is 8.37. The van der Waals surface area contributed by atoms with Crippen molar-refractivity contribution in [3.63, 3.8) is 0 Å². The number of β-lactam (4-membered cyclic amide) rings is 1. The molecule has 4 atom stereocenters. The van der Waals surface area contributed by atoms with Crippen molar-refractivity contribution < 1.29 is 24.5 Å². The molecule has 2 aromatic rings. The Morgan fingerprint density at radius 2 is 2.10 bits per heavy atom. The van der Waals surface area contributed by atoms with Gasteiger partial charge in [-0.3, -0.25) is 4.79 Å². The fraction of sp³-hybridized carbons (Fsp3) is 0.391. The molecule has 2 aromatic carbocycles. The van der Waals surface area contributed by atoms with Crippen LogP contribution in [0.4, 0.5) is 5.69 Å². The van der Waals surface area contributed by atoms with E-state index in [1.165, 1.54) is 12.0 Å². The summed E-state index contributed by atoms with van der Waals surface area (Å²) in [5.74, 6) is -1.34.